The number of nitrogen functional groups attached to an aromatic ring is 1. The van der Waals surface area contributed by atoms with Gasteiger partial charge in [-0.15, -0.1) is 0 Å². The van der Waals surface area contributed by atoms with E-state index in [1.54, 1.807) is 10.9 Å². The molecule has 0 unspecified atom stereocenters. The maximum absolute atomic E-state index is 12.1. The molecule has 5 heteroatoms. The quantitative estimate of drug-likeness (QED) is 0.868. The monoisotopic (exact) mass is 278 g/mol. The molecule has 3 N–H and O–H groups in total. The Morgan fingerprint density at radius 2 is 2.15 bits per heavy atom. The van der Waals surface area contributed by atoms with E-state index in [0.717, 1.165) is 24.8 Å². The molecule has 1 aliphatic carbocycles. The third kappa shape index (κ3) is 3.52. The summed E-state index contributed by atoms with van der Waals surface area (Å²) in [6.07, 6.45) is 7.86. The average molecular weight is 278 g/mol. The standard InChI is InChI=1S/C15H26N4O/c1-3-19-14(13(16)10-18-19)15(20)17-9-8-12-6-4-11(2)5-7-12/h10-12H,3-9,16H2,1-2H3,(H,17,20). The van der Waals surface area contributed by atoms with E-state index in [0.29, 0.717) is 17.9 Å². The first kappa shape index (κ1) is 14.9. The number of anilines is 1. The topological polar surface area (TPSA) is 72.9 Å². The summed E-state index contributed by atoms with van der Waals surface area (Å²) in [5.41, 5.74) is 6.75. The lowest BCUT2D eigenvalue weighted by Crippen LogP contribution is -2.29. The number of amides is 1. The van der Waals surface area contributed by atoms with Crippen molar-refractivity contribution >= 4 is 11.6 Å². The summed E-state index contributed by atoms with van der Waals surface area (Å²) in [6, 6.07) is 0. The van der Waals surface area contributed by atoms with Gasteiger partial charge in [0.25, 0.3) is 5.91 Å². The van der Waals surface area contributed by atoms with Gasteiger partial charge in [0.15, 0.2) is 0 Å². The second-order valence-corrected chi connectivity index (χ2v) is 5.93. The Hall–Kier alpha value is -1.52. The zero-order valence-electron chi connectivity index (χ0n) is 12.6. The zero-order valence-corrected chi connectivity index (χ0v) is 12.6. The van der Waals surface area contributed by atoms with Gasteiger partial charge in [0.1, 0.15) is 5.69 Å². The number of rotatable bonds is 5. The lowest BCUT2D eigenvalue weighted by molar-refractivity contribution is 0.0940. The lowest BCUT2D eigenvalue weighted by Gasteiger charge is -2.26. The van der Waals surface area contributed by atoms with Gasteiger partial charge in [0.2, 0.25) is 0 Å². The molecule has 0 radical (unpaired) electrons. The van der Waals surface area contributed by atoms with Crippen LogP contribution in [0.3, 0.4) is 0 Å². The van der Waals surface area contributed by atoms with Gasteiger partial charge >= 0.3 is 0 Å². The Balaban J connectivity index is 1.79. The third-order valence-electron chi connectivity index (χ3n) is 4.36. The Morgan fingerprint density at radius 1 is 1.45 bits per heavy atom. The summed E-state index contributed by atoms with van der Waals surface area (Å²) in [6.45, 7) is 5.66. The number of nitrogens with two attached hydrogens (primary N) is 1. The number of aromatic nitrogens is 2. The van der Waals surface area contributed by atoms with Crippen LogP contribution in [0.5, 0.6) is 0 Å². The molecular formula is C15H26N4O. The van der Waals surface area contributed by atoms with Crippen LogP contribution in [-0.4, -0.2) is 22.2 Å². The van der Waals surface area contributed by atoms with E-state index in [1.807, 2.05) is 6.92 Å². The average Bonchev–Trinajstić information content (AvgIpc) is 2.82. The largest absolute Gasteiger partial charge is 0.396 e. The Morgan fingerprint density at radius 3 is 2.80 bits per heavy atom. The molecule has 0 aliphatic heterocycles. The first-order valence-corrected chi connectivity index (χ1v) is 7.71. The van der Waals surface area contributed by atoms with E-state index in [1.165, 1.54) is 25.7 Å². The van der Waals surface area contributed by atoms with Crippen molar-refractivity contribution in [1.29, 1.82) is 0 Å². The maximum Gasteiger partial charge on any atom is 0.271 e. The molecule has 112 valence electrons. The minimum Gasteiger partial charge on any atom is -0.396 e. The molecule has 1 aromatic rings. The van der Waals surface area contributed by atoms with Crippen molar-refractivity contribution in [3.8, 4) is 0 Å². The number of nitrogens with zero attached hydrogens (tertiary/aromatic N) is 2. The molecule has 0 aromatic carbocycles. The third-order valence-corrected chi connectivity index (χ3v) is 4.36. The first-order chi connectivity index (χ1) is 9.61. The van der Waals surface area contributed by atoms with E-state index in [-0.39, 0.29) is 5.91 Å². The smallest absolute Gasteiger partial charge is 0.271 e. The second-order valence-electron chi connectivity index (χ2n) is 5.93. The van der Waals surface area contributed by atoms with E-state index in [4.69, 9.17) is 5.73 Å². The Labute approximate surface area is 120 Å². The van der Waals surface area contributed by atoms with Gasteiger partial charge in [-0.1, -0.05) is 32.6 Å². The minimum atomic E-state index is -0.106. The molecule has 0 spiro atoms. The van der Waals surface area contributed by atoms with Crippen LogP contribution >= 0.6 is 0 Å². The van der Waals surface area contributed by atoms with E-state index in [2.05, 4.69) is 17.3 Å². The summed E-state index contributed by atoms with van der Waals surface area (Å²) >= 11 is 0. The number of carbonyl (C=O) groups is 1. The van der Waals surface area contributed by atoms with E-state index in [9.17, 15) is 4.79 Å². The van der Waals surface area contributed by atoms with Crippen molar-refractivity contribution in [3.63, 3.8) is 0 Å². The molecule has 1 fully saturated rings. The Bertz CT molecular complexity index is 447. The summed E-state index contributed by atoms with van der Waals surface area (Å²) in [4.78, 5) is 12.1. The molecular weight excluding hydrogens is 252 g/mol. The SMILES string of the molecule is CCn1ncc(N)c1C(=O)NCCC1CCC(C)CC1. The van der Waals surface area contributed by atoms with Crippen LogP contribution in [0.15, 0.2) is 6.20 Å². The number of nitrogens with one attached hydrogen (secondary N) is 1. The van der Waals surface area contributed by atoms with Crippen molar-refractivity contribution in [1.82, 2.24) is 15.1 Å². The van der Waals surface area contributed by atoms with Crippen LogP contribution in [-0.2, 0) is 6.54 Å². The molecule has 2 rings (SSSR count). The number of hydrogen-bond donors (Lipinski definition) is 2. The van der Waals surface area contributed by atoms with Crippen molar-refractivity contribution in [2.45, 2.75) is 52.5 Å². The van der Waals surface area contributed by atoms with Gasteiger partial charge in [-0.3, -0.25) is 9.48 Å². The summed E-state index contributed by atoms with van der Waals surface area (Å²) < 4.78 is 1.65. The van der Waals surface area contributed by atoms with Crippen LogP contribution in [0.4, 0.5) is 5.69 Å². The van der Waals surface area contributed by atoms with Crippen molar-refractivity contribution < 1.29 is 4.79 Å². The molecule has 1 amide bonds. The number of aryl methyl sites for hydroxylation is 1. The fraction of sp³-hybridized carbons (Fsp3) is 0.733. The Kier molecular flexibility index (Phi) is 5.04. The van der Waals surface area contributed by atoms with Gasteiger partial charge in [0.05, 0.1) is 11.9 Å². The highest BCUT2D eigenvalue weighted by molar-refractivity contribution is 5.97. The predicted octanol–water partition coefficient (Wildman–Crippen LogP) is 2.43. The van der Waals surface area contributed by atoms with Crippen LogP contribution in [0, 0.1) is 11.8 Å². The summed E-state index contributed by atoms with van der Waals surface area (Å²) in [5, 5.41) is 7.07. The molecule has 1 aliphatic rings. The normalized spacial score (nSPS) is 22.7. The van der Waals surface area contributed by atoms with Gasteiger partial charge in [-0.2, -0.15) is 5.10 Å². The minimum absolute atomic E-state index is 0.106. The van der Waals surface area contributed by atoms with E-state index >= 15 is 0 Å². The van der Waals surface area contributed by atoms with Gasteiger partial charge < -0.3 is 11.1 Å². The maximum atomic E-state index is 12.1. The molecule has 1 aromatic heterocycles. The van der Waals surface area contributed by atoms with Crippen molar-refractivity contribution in [2.24, 2.45) is 11.8 Å². The number of carbonyl (C=O) groups excluding carboxylic acids is 1. The van der Waals surface area contributed by atoms with Crippen molar-refractivity contribution in [2.75, 3.05) is 12.3 Å². The molecule has 1 saturated carbocycles. The van der Waals surface area contributed by atoms with Crippen LogP contribution in [0.25, 0.3) is 0 Å². The van der Waals surface area contributed by atoms with E-state index < -0.39 is 0 Å². The molecule has 0 bridgehead atoms. The molecule has 20 heavy (non-hydrogen) atoms. The van der Waals surface area contributed by atoms with Crippen LogP contribution in [0.2, 0.25) is 0 Å². The summed E-state index contributed by atoms with van der Waals surface area (Å²) in [5.74, 6) is 1.53. The molecule has 1 heterocycles. The highest BCUT2D eigenvalue weighted by Crippen LogP contribution is 2.29. The fourth-order valence-corrected chi connectivity index (χ4v) is 2.98. The van der Waals surface area contributed by atoms with Gasteiger partial charge in [-0.05, 0) is 25.2 Å². The molecule has 0 saturated heterocycles. The second kappa shape index (κ2) is 6.77. The van der Waals surface area contributed by atoms with Crippen molar-refractivity contribution in [3.05, 3.63) is 11.9 Å². The highest BCUT2D eigenvalue weighted by atomic mass is 16.2. The van der Waals surface area contributed by atoms with Gasteiger partial charge in [-0.25, -0.2) is 0 Å². The summed E-state index contributed by atoms with van der Waals surface area (Å²) in [7, 11) is 0. The van der Waals surface area contributed by atoms with Gasteiger partial charge in [0, 0.05) is 13.1 Å². The molecule has 5 nitrogen and oxygen atoms in total. The molecule has 0 atom stereocenters. The predicted molar refractivity (Wildman–Crippen MR) is 80.4 cm³/mol. The highest BCUT2D eigenvalue weighted by Gasteiger charge is 2.19. The van der Waals surface area contributed by atoms with Crippen LogP contribution in [0.1, 0.15) is 56.4 Å². The first-order valence-electron chi connectivity index (χ1n) is 7.71. The lowest BCUT2D eigenvalue weighted by atomic mass is 9.81. The fourth-order valence-electron chi connectivity index (χ4n) is 2.98. The number of hydrogen-bond acceptors (Lipinski definition) is 3. The zero-order chi connectivity index (χ0) is 14.5. The van der Waals surface area contributed by atoms with Crippen LogP contribution < -0.4 is 11.1 Å².